The van der Waals surface area contributed by atoms with Crippen molar-refractivity contribution in [2.45, 2.75) is 39.8 Å². The summed E-state index contributed by atoms with van der Waals surface area (Å²) in [6.45, 7) is 4.92. The van der Waals surface area contributed by atoms with Crippen LogP contribution in [0.5, 0.6) is 0 Å². The van der Waals surface area contributed by atoms with Crippen molar-refractivity contribution in [3.63, 3.8) is 0 Å². The number of nitrogens with two attached hydrogens (primary N) is 1. The molecule has 0 saturated carbocycles. The molecule has 0 fully saturated rings. The molecular weight excluding hydrogens is 363 g/mol. The molecule has 2 heterocycles. The highest BCUT2D eigenvalue weighted by Gasteiger charge is 2.22. The van der Waals surface area contributed by atoms with E-state index in [1.165, 1.54) is 4.80 Å². The number of nitrogens with one attached hydrogen (secondary N) is 1. The van der Waals surface area contributed by atoms with Gasteiger partial charge in [0.25, 0.3) is 5.56 Å². The molecule has 0 aromatic carbocycles. The number of nitrogens with zero attached hydrogens (tertiary/aromatic N) is 4. The zero-order chi connectivity index (χ0) is 19.0. The SMILES string of the molecule is CCOP(=O)(CCCCCOCn1nc2nc(N)[nH]c(=O)c2n1)OCC. The Morgan fingerprint density at radius 1 is 1.15 bits per heavy atom. The second kappa shape index (κ2) is 9.77. The van der Waals surface area contributed by atoms with Gasteiger partial charge in [0.1, 0.15) is 0 Å². The minimum absolute atomic E-state index is 0.00753. The first-order chi connectivity index (χ1) is 12.5. The second-order valence-corrected chi connectivity index (χ2v) is 7.65. The molecule has 0 aliphatic rings. The van der Waals surface area contributed by atoms with Crippen LogP contribution in [0.3, 0.4) is 0 Å². The molecule has 11 nitrogen and oxygen atoms in total. The predicted molar refractivity (Wildman–Crippen MR) is 95.9 cm³/mol. The van der Waals surface area contributed by atoms with Crippen molar-refractivity contribution < 1.29 is 18.3 Å². The average Bonchev–Trinajstić information content (AvgIpc) is 2.97. The summed E-state index contributed by atoms with van der Waals surface area (Å²) in [5.74, 6) is -0.00753. The van der Waals surface area contributed by atoms with Crippen molar-refractivity contribution in [2.75, 3.05) is 31.7 Å². The first-order valence-electron chi connectivity index (χ1n) is 8.54. The Balaban J connectivity index is 1.69. The largest absolute Gasteiger partial charge is 0.369 e. The van der Waals surface area contributed by atoms with E-state index in [2.05, 4.69) is 20.2 Å². The monoisotopic (exact) mass is 388 g/mol. The minimum atomic E-state index is -2.96. The van der Waals surface area contributed by atoms with Crippen LogP contribution >= 0.6 is 7.60 Å². The minimum Gasteiger partial charge on any atom is -0.369 e. The summed E-state index contributed by atoms with van der Waals surface area (Å²) in [6.07, 6.45) is 2.74. The van der Waals surface area contributed by atoms with Crippen LogP contribution in [0.25, 0.3) is 11.2 Å². The molecule has 0 spiro atoms. The molecular formula is C14H25N6O5P. The average molecular weight is 388 g/mol. The number of anilines is 1. The quantitative estimate of drug-likeness (QED) is 0.408. The molecule has 146 valence electrons. The van der Waals surface area contributed by atoms with Crippen LogP contribution in [0.2, 0.25) is 0 Å². The third kappa shape index (κ3) is 5.87. The highest BCUT2D eigenvalue weighted by molar-refractivity contribution is 7.53. The second-order valence-electron chi connectivity index (χ2n) is 5.46. The van der Waals surface area contributed by atoms with Gasteiger partial charge in [0.05, 0.1) is 19.4 Å². The number of rotatable bonds is 12. The smallest absolute Gasteiger partial charge is 0.330 e. The van der Waals surface area contributed by atoms with Gasteiger partial charge in [-0.05, 0) is 26.7 Å². The van der Waals surface area contributed by atoms with E-state index in [1.807, 2.05) is 0 Å². The van der Waals surface area contributed by atoms with Crippen molar-refractivity contribution in [3.8, 4) is 0 Å². The molecule has 26 heavy (non-hydrogen) atoms. The van der Waals surface area contributed by atoms with E-state index < -0.39 is 13.2 Å². The van der Waals surface area contributed by atoms with Crippen molar-refractivity contribution >= 4 is 24.7 Å². The number of aromatic nitrogens is 5. The van der Waals surface area contributed by atoms with Crippen LogP contribution in [0.4, 0.5) is 5.95 Å². The molecule has 0 aliphatic carbocycles. The van der Waals surface area contributed by atoms with E-state index in [4.69, 9.17) is 19.5 Å². The Morgan fingerprint density at radius 3 is 2.58 bits per heavy atom. The first-order valence-corrected chi connectivity index (χ1v) is 10.3. The lowest BCUT2D eigenvalue weighted by molar-refractivity contribution is 0.0574. The van der Waals surface area contributed by atoms with Crippen LogP contribution in [-0.4, -0.2) is 50.9 Å². The number of hydrogen-bond donors (Lipinski definition) is 2. The maximum Gasteiger partial charge on any atom is 0.330 e. The molecule has 3 N–H and O–H groups in total. The van der Waals surface area contributed by atoms with E-state index in [1.54, 1.807) is 13.8 Å². The third-order valence-corrected chi connectivity index (χ3v) is 5.57. The van der Waals surface area contributed by atoms with Gasteiger partial charge in [0.2, 0.25) is 11.6 Å². The van der Waals surface area contributed by atoms with Crippen molar-refractivity contribution in [2.24, 2.45) is 0 Å². The lowest BCUT2D eigenvalue weighted by Gasteiger charge is -2.16. The number of hydrogen-bond acceptors (Lipinski definition) is 9. The number of unbranched alkanes of at least 4 members (excludes halogenated alkanes) is 2. The number of fused-ring (bicyclic) bond motifs is 1. The topological polar surface area (TPSA) is 147 Å². The Bertz CT molecular complexity index is 797. The normalized spacial score (nSPS) is 12.1. The first kappa shape index (κ1) is 20.5. The van der Waals surface area contributed by atoms with E-state index in [0.29, 0.717) is 26.0 Å². The Labute approximate surface area is 150 Å². The summed E-state index contributed by atoms with van der Waals surface area (Å²) >= 11 is 0. The van der Waals surface area contributed by atoms with Crippen LogP contribution in [-0.2, 0) is 25.1 Å². The summed E-state index contributed by atoms with van der Waals surface area (Å²) < 4.78 is 28.3. The number of ether oxygens (including phenoxy) is 1. The molecule has 0 aliphatic heterocycles. The van der Waals surface area contributed by atoms with E-state index in [-0.39, 0.29) is 23.8 Å². The molecule has 0 radical (unpaired) electrons. The Kier molecular flexibility index (Phi) is 7.70. The summed E-state index contributed by atoms with van der Waals surface area (Å²) in [4.78, 5) is 19.2. The summed E-state index contributed by atoms with van der Waals surface area (Å²) in [7, 11) is -2.96. The Morgan fingerprint density at radius 2 is 1.88 bits per heavy atom. The molecule has 0 amide bonds. The van der Waals surface area contributed by atoms with Crippen LogP contribution < -0.4 is 11.3 Å². The third-order valence-electron chi connectivity index (χ3n) is 3.40. The summed E-state index contributed by atoms with van der Waals surface area (Å²) in [5, 5.41) is 8.05. The zero-order valence-corrected chi connectivity index (χ0v) is 15.9. The zero-order valence-electron chi connectivity index (χ0n) is 15.0. The van der Waals surface area contributed by atoms with Gasteiger partial charge in [-0.15, -0.1) is 10.2 Å². The molecule has 0 unspecified atom stereocenters. The lowest BCUT2D eigenvalue weighted by atomic mass is 10.3. The molecule has 2 aromatic heterocycles. The highest BCUT2D eigenvalue weighted by Crippen LogP contribution is 2.48. The van der Waals surface area contributed by atoms with Crippen molar-refractivity contribution in [3.05, 3.63) is 10.4 Å². The summed E-state index contributed by atoms with van der Waals surface area (Å²) in [5.41, 5.74) is 5.31. The molecule has 2 rings (SSSR count). The molecule has 0 atom stereocenters. The highest BCUT2D eigenvalue weighted by atomic mass is 31.2. The van der Waals surface area contributed by atoms with E-state index in [9.17, 15) is 9.36 Å². The number of aromatic amines is 1. The van der Waals surface area contributed by atoms with Gasteiger partial charge in [-0.25, -0.2) is 0 Å². The van der Waals surface area contributed by atoms with Gasteiger partial charge in [0, 0.05) is 6.61 Å². The number of nitrogen functional groups attached to an aromatic ring is 1. The van der Waals surface area contributed by atoms with Crippen molar-refractivity contribution in [1.82, 2.24) is 25.0 Å². The van der Waals surface area contributed by atoms with Crippen molar-refractivity contribution in [1.29, 1.82) is 0 Å². The van der Waals surface area contributed by atoms with Gasteiger partial charge in [-0.3, -0.25) is 14.3 Å². The predicted octanol–water partition coefficient (Wildman–Crippen LogP) is 1.51. The van der Waals surface area contributed by atoms with Gasteiger partial charge in [-0.2, -0.15) is 9.78 Å². The van der Waals surface area contributed by atoms with Crippen LogP contribution in [0.15, 0.2) is 4.79 Å². The molecule has 0 bridgehead atoms. The van der Waals surface area contributed by atoms with Gasteiger partial charge in [0.15, 0.2) is 12.2 Å². The fraction of sp³-hybridized carbons (Fsp3) is 0.714. The fourth-order valence-electron chi connectivity index (χ4n) is 2.33. The maximum atomic E-state index is 12.3. The molecule has 0 saturated heterocycles. The molecule has 2 aromatic rings. The lowest BCUT2D eigenvalue weighted by Crippen LogP contribution is -2.11. The van der Waals surface area contributed by atoms with E-state index in [0.717, 1.165) is 19.3 Å². The standard InChI is InChI=1S/C14H25N6O5P/c1-3-24-26(22,25-4-2)9-7-5-6-8-23-10-20-18-11-12(19-20)16-14(15)17-13(11)21/h3-10H2,1-2H3,(H3,15,16,17,19,21). The van der Waals surface area contributed by atoms with Crippen LogP contribution in [0, 0.1) is 0 Å². The van der Waals surface area contributed by atoms with Gasteiger partial charge in [-0.1, -0.05) is 6.42 Å². The van der Waals surface area contributed by atoms with Crippen LogP contribution in [0.1, 0.15) is 33.1 Å². The van der Waals surface area contributed by atoms with Gasteiger partial charge >= 0.3 is 7.60 Å². The maximum absolute atomic E-state index is 12.3. The number of H-pyrrole nitrogens is 1. The fourth-order valence-corrected chi connectivity index (χ4v) is 4.06. The van der Waals surface area contributed by atoms with Gasteiger partial charge < -0.3 is 19.5 Å². The van der Waals surface area contributed by atoms with E-state index >= 15 is 0 Å². The molecule has 12 heteroatoms. The Hall–Kier alpha value is -1.81. The summed E-state index contributed by atoms with van der Waals surface area (Å²) in [6, 6.07) is 0.